The third kappa shape index (κ3) is 5.62. The van der Waals surface area contributed by atoms with Gasteiger partial charge in [0.1, 0.15) is 11.4 Å². The Kier molecular flexibility index (Phi) is 8.85. The number of anilines is 1. The summed E-state index contributed by atoms with van der Waals surface area (Å²) in [5.74, 6) is -0.492. The van der Waals surface area contributed by atoms with Gasteiger partial charge in [-0.15, -0.1) is 0 Å². The topological polar surface area (TPSA) is 132 Å². The van der Waals surface area contributed by atoms with Crippen molar-refractivity contribution in [2.75, 3.05) is 50.8 Å². The molecule has 2 aliphatic heterocycles. The van der Waals surface area contributed by atoms with Gasteiger partial charge in [0.15, 0.2) is 4.75 Å². The van der Waals surface area contributed by atoms with E-state index in [-0.39, 0.29) is 50.6 Å². The molecule has 2 amide bonds. The average Bonchev–Trinajstić information content (AvgIpc) is 2.97. The highest BCUT2D eigenvalue weighted by Gasteiger charge is 2.55. The summed E-state index contributed by atoms with van der Waals surface area (Å²) in [7, 11) is -4.14. The maximum atomic E-state index is 13.8. The van der Waals surface area contributed by atoms with E-state index >= 15 is 0 Å². The molecular formula is C26H35N5O6S. The third-order valence-corrected chi connectivity index (χ3v) is 9.92. The SMILES string of the molecule is CCCCOc1ccc(N2CCN(S(=O)(=O)C3(C(=O)NO)CCN(C(=O)c4ccccn4)CC3)CC2)cc1. The number of nitrogens with one attached hydrogen (secondary N) is 1. The molecule has 11 nitrogen and oxygen atoms in total. The maximum Gasteiger partial charge on any atom is 0.272 e. The van der Waals surface area contributed by atoms with Crippen LogP contribution in [0.15, 0.2) is 48.7 Å². The number of pyridine rings is 1. The Hall–Kier alpha value is -3.22. The Labute approximate surface area is 223 Å². The van der Waals surface area contributed by atoms with Gasteiger partial charge in [0.05, 0.1) is 6.61 Å². The summed E-state index contributed by atoms with van der Waals surface area (Å²) in [5.41, 5.74) is 2.79. The molecule has 12 heteroatoms. The minimum atomic E-state index is -4.14. The van der Waals surface area contributed by atoms with Crippen LogP contribution in [0, 0.1) is 0 Å². The summed E-state index contributed by atoms with van der Waals surface area (Å²) in [6, 6.07) is 12.7. The van der Waals surface area contributed by atoms with Gasteiger partial charge in [-0.2, -0.15) is 4.31 Å². The molecule has 206 valence electrons. The quantitative estimate of drug-likeness (QED) is 0.277. The lowest BCUT2D eigenvalue weighted by Crippen LogP contribution is -2.64. The lowest BCUT2D eigenvalue weighted by atomic mass is 9.94. The maximum absolute atomic E-state index is 13.8. The molecule has 0 aliphatic carbocycles. The number of rotatable bonds is 9. The molecule has 0 radical (unpaired) electrons. The van der Waals surface area contributed by atoms with Gasteiger partial charge in [-0.1, -0.05) is 19.4 Å². The van der Waals surface area contributed by atoms with E-state index in [1.54, 1.807) is 23.7 Å². The first-order valence-corrected chi connectivity index (χ1v) is 14.4. The monoisotopic (exact) mass is 545 g/mol. The van der Waals surface area contributed by atoms with Crippen molar-refractivity contribution in [2.45, 2.75) is 37.4 Å². The molecule has 2 aliphatic rings. The van der Waals surface area contributed by atoms with E-state index in [0.717, 1.165) is 24.3 Å². The van der Waals surface area contributed by atoms with E-state index in [9.17, 15) is 23.2 Å². The van der Waals surface area contributed by atoms with Crippen molar-refractivity contribution >= 4 is 27.5 Å². The number of unbranched alkanes of at least 4 members (excludes halogenated alkanes) is 1. The van der Waals surface area contributed by atoms with Crippen LogP contribution < -0.4 is 15.1 Å². The zero-order chi connectivity index (χ0) is 27.2. The number of sulfonamides is 1. The van der Waals surface area contributed by atoms with Crippen molar-refractivity contribution < 1.29 is 28.0 Å². The Bertz CT molecular complexity index is 1190. The van der Waals surface area contributed by atoms with Crippen molar-refractivity contribution in [3.05, 3.63) is 54.4 Å². The molecule has 0 atom stereocenters. The van der Waals surface area contributed by atoms with Crippen molar-refractivity contribution in [3.8, 4) is 5.75 Å². The van der Waals surface area contributed by atoms with Crippen molar-refractivity contribution in [1.82, 2.24) is 19.7 Å². The molecule has 2 aromatic rings. The van der Waals surface area contributed by atoms with Gasteiger partial charge >= 0.3 is 0 Å². The highest BCUT2D eigenvalue weighted by atomic mass is 32.2. The minimum Gasteiger partial charge on any atom is -0.494 e. The zero-order valence-electron chi connectivity index (χ0n) is 21.6. The van der Waals surface area contributed by atoms with Crippen molar-refractivity contribution in [1.29, 1.82) is 0 Å². The van der Waals surface area contributed by atoms with Crippen LogP contribution in [0.4, 0.5) is 5.69 Å². The molecule has 2 fully saturated rings. The van der Waals surface area contributed by atoms with Crippen LogP contribution in [0.2, 0.25) is 0 Å². The first-order chi connectivity index (χ1) is 18.3. The zero-order valence-corrected chi connectivity index (χ0v) is 22.4. The number of hydrogen-bond donors (Lipinski definition) is 2. The second-order valence-corrected chi connectivity index (χ2v) is 11.8. The second-order valence-electron chi connectivity index (χ2n) is 9.53. The normalized spacial score (nSPS) is 18.2. The first kappa shape index (κ1) is 27.8. The second kappa shape index (κ2) is 12.1. The van der Waals surface area contributed by atoms with Gasteiger partial charge in [-0.05, 0) is 55.7 Å². The van der Waals surface area contributed by atoms with Crippen LogP contribution in [0.25, 0.3) is 0 Å². The number of aromatic nitrogens is 1. The molecule has 2 N–H and O–H groups in total. The van der Waals surface area contributed by atoms with Crippen molar-refractivity contribution in [2.24, 2.45) is 0 Å². The Morgan fingerprint density at radius 1 is 1.03 bits per heavy atom. The number of nitrogens with zero attached hydrogens (tertiary/aromatic N) is 4. The van der Waals surface area contributed by atoms with Gasteiger partial charge in [0.2, 0.25) is 10.0 Å². The fourth-order valence-electron chi connectivity index (χ4n) is 4.95. The molecule has 2 saturated heterocycles. The number of hydroxylamine groups is 1. The molecule has 1 aromatic heterocycles. The summed E-state index contributed by atoms with van der Waals surface area (Å²) in [6.45, 7) is 4.20. The molecular weight excluding hydrogens is 510 g/mol. The van der Waals surface area contributed by atoms with E-state index in [1.807, 2.05) is 24.3 Å². The summed E-state index contributed by atoms with van der Waals surface area (Å²) >= 11 is 0. The van der Waals surface area contributed by atoms with E-state index in [0.29, 0.717) is 19.7 Å². The third-order valence-electron chi connectivity index (χ3n) is 7.30. The first-order valence-electron chi connectivity index (χ1n) is 12.9. The Balaban J connectivity index is 1.41. The summed E-state index contributed by atoms with van der Waals surface area (Å²) in [4.78, 5) is 33.3. The van der Waals surface area contributed by atoms with E-state index in [2.05, 4.69) is 16.8 Å². The fourth-order valence-corrected chi connectivity index (χ4v) is 7.06. The van der Waals surface area contributed by atoms with Gasteiger partial charge in [-0.25, -0.2) is 13.9 Å². The number of likely N-dealkylation sites (tertiary alicyclic amines) is 1. The van der Waals surface area contributed by atoms with Crippen molar-refractivity contribution in [3.63, 3.8) is 0 Å². The number of piperidine rings is 1. The minimum absolute atomic E-state index is 0.0503. The number of benzene rings is 1. The van der Waals surface area contributed by atoms with Crippen LogP contribution in [0.5, 0.6) is 5.75 Å². The van der Waals surface area contributed by atoms with E-state index < -0.39 is 20.7 Å². The highest BCUT2D eigenvalue weighted by molar-refractivity contribution is 7.91. The predicted octanol–water partition coefficient (Wildman–Crippen LogP) is 1.89. The smallest absolute Gasteiger partial charge is 0.272 e. The summed E-state index contributed by atoms with van der Waals surface area (Å²) < 4.78 is 32.8. The average molecular weight is 546 g/mol. The number of amides is 2. The van der Waals surface area contributed by atoms with Crippen LogP contribution in [0.3, 0.4) is 0 Å². The van der Waals surface area contributed by atoms with E-state index in [1.165, 1.54) is 15.4 Å². The molecule has 0 bridgehead atoms. The highest BCUT2D eigenvalue weighted by Crippen LogP contribution is 2.35. The van der Waals surface area contributed by atoms with Gasteiger partial charge < -0.3 is 14.5 Å². The Morgan fingerprint density at radius 2 is 1.71 bits per heavy atom. The van der Waals surface area contributed by atoms with Gasteiger partial charge in [-0.3, -0.25) is 19.8 Å². The van der Waals surface area contributed by atoms with Crippen LogP contribution in [-0.2, 0) is 14.8 Å². The predicted molar refractivity (Wildman–Crippen MR) is 142 cm³/mol. The lowest BCUT2D eigenvalue weighted by molar-refractivity contribution is -0.133. The number of hydrogen-bond acceptors (Lipinski definition) is 8. The molecule has 0 spiro atoms. The molecule has 3 heterocycles. The number of ether oxygens (including phenoxy) is 1. The van der Waals surface area contributed by atoms with Crippen LogP contribution in [0.1, 0.15) is 43.1 Å². The fraction of sp³-hybridized carbons (Fsp3) is 0.500. The van der Waals surface area contributed by atoms with E-state index in [4.69, 9.17) is 4.74 Å². The largest absolute Gasteiger partial charge is 0.494 e. The Morgan fingerprint density at radius 3 is 2.29 bits per heavy atom. The van der Waals surface area contributed by atoms with Gasteiger partial charge in [0.25, 0.3) is 11.8 Å². The number of piperazine rings is 1. The molecule has 0 saturated carbocycles. The standard InChI is InChI=1S/C26H35N5O6S/c1-2-3-20-37-22-9-7-21(8-10-22)29-16-18-31(19-17-29)38(35,36)26(25(33)28-34)11-14-30(15-12-26)24(32)23-6-4-5-13-27-23/h4-10,13,34H,2-3,11-12,14-20H2,1H3,(H,28,33). The van der Waals surface area contributed by atoms with Crippen LogP contribution >= 0.6 is 0 Å². The summed E-state index contributed by atoms with van der Waals surface area (Å²) in [5, 5.41) is 9.46. The lowest BCUT2D eigenvalue weighted by Gasteiger charge is -2.44. The molecule has 1 aromatic carbocycles. The van der Waals surface area contributed by atoms with Crippen LogP contribution in [-0.4, -0.2) is 90.3 Å². The summed E-state index contributed by atoms with van der Waals surface area (Å²) in [6.07, 6.45) is 3.32. The molecule has 38 heavy (non-hydrogen) atoms. The number of carbonyl (C=O) groups is 2. The molecule has 4 rings (SSSR count). The number of carbonyl (C=O) groups excluding carboxylic acids is 2. The molecule has 0 unspecified atom stereocenters. The van der Waals surface area contributed by atoms with Gasteiger partial charge in [0, 0.05) is 51.2 Å².